The zero-order valence-electron chi connectivity index (χ0n) is 9.77. The second-order valence-electron chi connectivity index (χ2n) is 3.80. The lowest BCUT2D eigenvalue weighted by Crippen LogP contribution is -2.24. The largest absolute Gasteiger partial charge is 0.417 e. The first-order valence-electron chi connectivity index (χ1n) is 5.51. The van der Waals surface area contributed by atoms with Crippen LogP contribution in [0.4, 0.5) is 13.2 Å². The van der Waals surface area contributed by atoms with E-state index in [0.29, 0.717) is 6.54 Å². The Morgan fingerprint density at radius 3 is 2.61 bits per heavy atom. The molecule has 0 aliphatic carbocycles. The number of amides is 1. The highest BCUT2D eigenvalue weighted by Gasteiger charge is 2.33. The standard InChI is InChI=1S/C12H13BrF3NO/c1-2-3-6-17-11(18)8-4-5-10(13)9(7-8)12(14,15)16/h4-5,7H,2-3,6H2,1H3,(H,17,18). The second-order valence-corrected chi connectivity index (χ2v) is 4.66. The van der Waals surface area contributed by atoms with E-state index < -0.39 is 17.6 Å². The SMILES string of the molecule is CCCCNC(=O)c1ccc(Br)c(C(F)(F)F)c1. The van der Waals surface area contributed by atoms with Crippen LogP contribution in [0.25, 0.3) is 0 Å². The van der Waals surface area contributed by atoms with Crippen molar-refractivity contribution < 1.29 is 18.0 Å². The van der Waals surface area contributed by atoms with Gasteiger partial charge in [0.1, 0.15) is 0 Å². The van der Waals surface area contributed by atoms with Crippen LogP contribution in [0.15, 0.2) is 22.7 Å². The molecule has 1 aromatic carbocycles. The Morgan fingerprint density at radius 1 is 1.39 bits per heavy atom. The molecule has 1 rings (SSSR count). The van der Waals surface area contributed by atoms with Crippen LogP contribution in [0, 0.1) is 0 Å². The van der Waals surface area contributed by atoms with Crippen LogP contribution in [-0.2, 0) is 6.18 Å². The van der Waals surface area contributed by atoms with Crippen molar-refractivity contribution in [2.24, 2.45) is 0 Å². The van der Waals surface area contributed by atoms with Gasteiger partial charge in [-0.05, 0) is 24.6 Å². The number of carbonyl (C=O) groups excluding carboxylic acids is 1. The summed E-state index contributed by atoms with van der Waals surface area (Å²) in [5.41, 5.74) is -0.827. The molecule has 0 aliphatic rings. The highest BCUT2D eigenvalue weighted by molar-refractivity contribution is 9.10. The Labute approximate surface area is 112 Å². The lowest BCUT2D eigenvalue weighted by molar-refractivity contribution is -0.138. The highest BCUT2D eigenvalue weighted by atomic mass is 79.9. The minimum Gasteiger partial charge on any atom is -0.352 e. The number of unbranched alkanes of at least 4 members (excludes halogenated alkanes) is 1. The van der Waals surface area contributed by atoms with Crippen LogP contribution in [0.3, 0.4) is 0 Å². The highest BCUT2D eigenvalue weighted by Crippen LogP contribution is 2.35. The van der Waals surface area contributed by atoms with Crippen molar-refractivity contribution in [2.45, 2.75) is 25.9 Å². The van der Waals surface area contributed by atoms with Gasteiger partial charge >= 0.3 is 6.18 Å². The summed E-state index contributed by atoms with van der Waals surface area (Å²) in [7, 11) is 0. The Kier molecular flexibility index (Phi) is 5.19. The molecule has 0 radical (unpaired) electrons. The average molecular weight is 324 g/mol. The molecule has 0 aromatic heterocycles. The molecule has 0 aliphatic heterocycles. The van der Waals surface area contributed by atoms with Crippen LogP contribution in [0.1, 0.15) is 35.7 Å². The number of nitrogens with one attached hydrogen (secondary N) is 1. The van der Waals surface area contributed by atoms with E-state index in [-0.39, 0.29) is 10.0 Å². The van der Waals surface area contributed by atoms with Gasteiger partial charge in [-0.3, -0.25) is 4.79 Å². The number of hydrogen-bond donors (Lipinski definition) is 1. The lowest BCUT2D eigenvalue weighted by Gasteiger charge is -2.11. The van der Waals surface area contributed by atoms with Crippen LogP contribution in [0.5, 0.6) is 0 Å². The Morgan fingerprint density at radius 2 is 2.06 bits per heavy atom. The van der Waals surface area contributed by atoms with Gasteiger partial charge in [-0.15, -0.1) is 0 Å². The fraction of sp³-hybridized carbons (Fsp3) is 0.417. The van der Waals surface area contributed by atoms with Gasteiger partial charge < -0.3 is 5.32 Å². The van der Waals surface area contributed by atoms with Gasteiger partial charge in [-0.1, -0.05) is 29.3 Å². The van der Waals surface area contributed by atoms with Crippen molar-refractivity contribution in [1.82, 2.24) is 5.32 Å². The van der Waals surface area contributed by atoms with Crippen molar-refractivity contribution in [3.63, 3.8) is 0 Å². The van der Waals surface area contributed by atoms with Gasteiger partial charge in [-0.2, -0.15) is 13.2 Å². The van der Waals surface area contributed by atoms with Gasteiger partial charge in [0.25, 0.3) is 5.91 Å². The van der Waals surface area contributed by atoms with Crippen molar-refractivity contribution >= 4 is 21.8 Å². The molecule has 0 saturated heterocycles. The number of rotatable bonds is 4. The summed E-state index contributed by atoms with van der Waals surface area (Å²) in [5, 5.41) is 2.58. The fourth-order valence-corrected chi connectivity index (χ4v) is 1.84. The summed E-state index contributed by atoms with van der Waals surface area (Å²) in [6.45, 7) is 2.43. The minimum atomic E-state index is -4.47. The molecular weight excluding hydrogens is 311 g/mol. The molecule has 0 saturated carbocycles. The predicted octanol–water partition coefficient (Wildman–Crippen LogP) is 4.00. The normalized spacial score (nSPS) is 11.4. The maximum atomic E-state index is 12.6. The molecule has 0 bridgehead atoms. The number of alkyl halides is 3. The summed E-state index contributed by atoms with van der Waals surface area (Å²) >= 11 is 2.83. The molecule has 0 spiro atoms. The van der Waals surface area contributed by atoms with Gasteiger partial charge in [0, 0.05) is 16.6 Å². The molecule has 2 nitrogen and oxygen atoms in total. The van der Waals surface area contributed by atoms with Crippen molar-refractivity contribution in [2.75, 3.05) is 6.54 Å². The number of carbonyl (C=O) groups is 1. The molecule has 0 atom stereocenters. The molecule has 0 fully saturated rings. The van der Waals surface area contributed by atoms with Crippen molar-refractivity contribution in [3.8, 4) is 0 Å². The van der Waals surface area contributed by atoms with Gasteiger partial charge in [0.2, 0.25) is 0 Å². The van der Waals surface area contributed by atoms with Gasteiger partial charge in [-0.25, -0.2) is 0 Å². The van der Waals surface area contributed by atoms with Crippen molar-refractivity contribution in [1.29, 1.82) is 0 Å². The van der Waals surface area contributed by atoms with E-state index in [1.54, 1.807) is 0 Å². The molecule has 0 unspecified atom stereocenters. The van der Waals surface area contributed by atoms with E-state index in [2.05, 4.69) is 21.2 Å². The first kappa shape index (κ1) is 15.0. The third-order valence-electron chi connectivity index (χ3n) is 2.35. The molecule has 100 valence electrons. The van der Waals surface area contributed by atoms with Gasteiger partial charge in [0.05, 0.1) is 5.56 Å². The Hall–Kier alpha value is -1.04. The number of halogens is 4. The zero-order valence-corrected chi connectivity index (χ0v) is 11.4. The quantitative estimate of drug-likeness (QED) is 0.834. The third kappa shape index (κ3) is 4.01. The zero-order chi connectivity index (χ0) is 13.8. The van der Waals surface area contributed by atoms with Crippen LogP contribution in [0.2, 0.25) is 0 Å². The summed E-state index contributed by atoms with van der Waals surface area (Å²) in [5.74, 6) is -0.485. The monoisotopic (exact) mass is 323 g/mol. The molecule has 6 heteroatoms. The molecule has 18 heavy (non-hydrogen) atoms. The topological polar surface area (TPSA) is 29.1 Å². The van der Waals surface area contributed by atoms with E-state index in [4.69, 9.17) is 0 Å². The smallest absolute Gasteiger partial charge is 0.352 e. The van der Waals surface area contributed by atoms with Crippen LogP contribution >= 0.6 is 15.9 Å². The maximum absolute atomic E-state index is 12.6. The molecule has 0 heterocycles. The Balaban J connectivity index is 2.88. The third-order valence-corrected chi connectivity index (χ3v) is 3.04. The van der Waals surface area contributed by atoms with Crippen LogP contribution in [-0.4, -0.2) is 12.5 Å². The first-order valence-corrected chi connectivity index (χ1v) is 6.30. The van der Waals surface area contributed by atoms with E-state index in [0.717, 1.165) is 18.9 Å². The fourth-order valence-electron chi connectivity index (χ4n) is 1.36. The number of benzene rings is 1. The van der Waals surface area contributed by atoms with E-state index in [1.165, 1.54) is 12.1 Å². The summed E-state index contributed by atoms with van der Waals surface area (Å²) < 4.78 is 37.8. The predicted molar refractivity (Wildman–Crippen MR) is 66.4 cm³/mol. The van der Waals surface area contributed by atoms with E-state index in [1.807, 2.05) is 6.92 Å². The second kappa shape index (κ2) is 6.22. The number of hydrogen-bond acceptors (Lipinski definition) is 1. The maximum Gasteiger partial charge on any atom is 0.417 e. The van der Waals surface area contributed by atoms with E-state index in [9.17, 15) is 18.0 Å². The summed E-state index contributed by atoms with van der Waals surface area (Å²) in [4.78, 5) is 11.6. The summed E-state index contributed by atoms with van der Waals surface area (Å²) in [6.07, 6.45) is -2.76. The lowest BCUT2D eigenvalue weighted by atomic mass is 10.1. The minimum absolute atomic E-state index is 0.0154. The van der Waals surface area contributed by atoms with Gasteiger partial charge in [0.15, 0.2) is 0 Å². The van der Waals surface area contributed by atoms with E-state index >= 15 is 0 Å². The molecule has 1 aromatic rings. The first-order chi connectivity index (χ1) is 8.36. The van der Waals surface area contributed by atoms with Crippen LogP contribution < -0.4 is 5.32 Å². The summed E-state index contributed by atoms with van der Waals surface area (Å²) in [6, 6.07) is 3.45. The Bertz CT molecular complexity index is 432. The molecule has 1 N–H and O–H groups in total. The molecule has 1 amide bonds. The average Bonchev–Trinajstić information content (AvgIpc) is 2.28. The molecular formula is C12H13BrF3NO. The van der Waals surface area contributed by atoms with Crippen molar-refractivity contribution in [3.05, 3.63) is 33.8 Å².